The highest BCUT2D eigenvalue weighted by atomic mass is 31.1. The summed E-state index contributed by atoms with van der Waals surface area (Å²) in [6.07, 6.45) is 0. The maximum atomic E-state index is 7.17. The number of aromatic nitrogens is 3. The van der Waals surface area contributed by atoms with Gasteiger partial charge in [0.1, 0.15) is 0 Å². The quantitative estimate of drug-likeness (QED) is 0.487. The van der Waals surface area contributed by atoms with Gasteiger partial charge in [-0.1, -0.05) is 0 Å². The average Bonchev–Trinajstić information content (AvgIpc) is 1.90. The summed E-state index contributed by atoms with van der Waals surface area (Å²) in [5.74, 6) is 0. The molecule has 10 heteroatoms. The molecule has 0 atom stereocenters. The second-order valence-electron chi connectivity index (χ2n) is 0.883. The molecule has 0 aromatic carbocycles. The van der Waals surface area contributed by atoms with Crippen molar-refractivity contribution in [3.05, 3.63) is 0 Å². The lowest BCUT2D eigenvalue weighted by Gasteiger charge is -1.69. The molecular formula is H3BN3O3P3. The molecule has 1 rings (SSSR count). The second-order valence-corrected chi connectivity index (χ2v) is 3.57. The minimum Gasteiger partial charge on any atom is -0.402 e. The van der Waals surface area contributed by atoms with Crippen LogP contribution in [0.25, 0.3) is 0 Å². The van der Waals surface area contributed by atoms with E-state index < -0.39 is 7.32 Å². The van der Waals surface area contributed by atoms with Crippen molar-refractivity contribution in [1.82, 2.24) is 13.5 Å². The van der Waals surface area contributed by atoms with Crippen LogP contribution in [0.3, 0.4) is 0 Å². The zero-order valence-corrected chi connectivity index (χ0v) is 7.29. The predicted octanol–water partition coefficient (Wildman–Crippen LogP) is -0.440. The van der Waals surface area contributed by atoms with Crippen molar-refractivity contribution in [3.63, 3.8) is 0 Å². The molecule has 10 heavy (non-hydrogen) atoms. The standard InChI is InChI=1S/BH3O3.N3P3/c2-1(3)4;1-4-2-6-3-5-1/h2-4H;. The van der Waals surface area contributed by atoms with Crippen LogP contribution in [0.4, 0.5) is 0 Å². The van der Waals surface area contributed by atoms with E-state index in [4.69, 9.17) is 15.1 Å². The van der Waals surface area contributed by atoms with Gasteiger partial charge in [0.25, 0.3) is 0 Å². The van der Waals surface area contributed by atoms with Gasteiger partial charge in [-0.05, 0) is 0 Å². The largest absolute Gasteiger partial charge is 0.631 e. The van der Waals surface area contributed by atoms with Gasteiger partial charge in [-0.25, -0.2) is 0 Å². The molecule has 1 aromatic rings. The van der Waals surface area contributed by atoms with Gasteiger partial charge in [-0.3, -0.25) is 0 Å². The fourth-order valence-corrected chi connectivity index (χ4v) is 1.93. The van der Waals surface area contributed by atoms with Crippen LogP contribution in [0.5, 0.6) is 0 Å². The average molecular weight is 197 g/mol. The smallest absolute Gasteiger partial charge is 0.402 e. The van der Waals surface area contributed by atoms with Crippen molar-refractivity contribution in [3.8, 4) is 0 Å². The lowest BCUT2D eigenvalue weighted by Crippen LogP contribution is -2.07. The van der Waals surface area contributed by atoms with E-state index in [0.29, 0.717) is 0 Å². The van der Waals surface area contributed by atoms with E-state index in [-0.39, 0.29) is 0 Å². The molecule has 0 bridgehead atoms. The molecule has 0 radical (unpaired) electrons. The van der Waals surface area contributed by atoms with Crippen molar-refractivity contribution in [1.29, 1.82) is 0 Å². The van der Waals surface area contributed by atoms with Gasteiger partial charge in [0, 0.05) is 0 Å². The Bertz CT molecular complexity index is 119. The van der Waals surface area contributed by atoms with Crippen LogP contribution in [0.15, 0.2) is 0 Å². The predicted molar refractivity (Wildman–Crippen MR) is 39.8 cm³/mol. The first-order valence-corrected chi connectivity index (χ1v) is 4.37. The molecule has 0 amide bonds. The lowest BCUT2D eigenvalue weighted by molar-refractivity contribution is 0.278. The van der Waals surface area contributed by atoms with E-state index in [1.807, 2.05) is 0 Å². The van der Waals surface area contributed by atoms with E-state index in [0.717, 1.165) is 25.5 Å². The summed E-state index contributed by atoms with van der Waals surface area (Å²) in [7, 11) is 0.323. The molecule has 0 aliphatic heterocycles. The Kier molecular flexibility index (Phi) is 7.53. The summed E-state index contributed by atoms with van der Waals surface area (Å²) in [6.45, 7) is 0. The van der Waals surface area contributed by atoms with Crippen molar-refractivity contribution < 1.29 is 15.1 Å². The molecule has 1 heterocycles. The van der Waals surface area contributed by atoms with E-state index in [1.54, 1.807) is 0 Å². The minimum absolute atomic E-state index is 0.830. The van der Waals surface area contributed by atoms with Gasteiger partial charge < -0.3 is 15.1 Å². The van der Waals surface area contributed by atoms with Crippen molar-refractivity contribution >= 4 is 32.9 Å². The summed E-state index contributed by atoms with van der Waals surface area (Å²) in [5, 5.41) is 21.5. The Balaban J connectivity index is 0.000000180. The first kappa shape index (κ1) is 10.2. The van der Waals surface area contributed by atoms with Crippen LogP contribution in [0.2, 0.25) is 0 Å². The topological polar surface area (TPSA) is 99.4 Å². The van der Waals surface area contributed by atoms with E-state index in [2.05, 4.69) is 13.5 Å². The molecular weight excluding hydrogens is 194 g/mol. The summed E-state index contributed by atoms with van der Waals surface area (Å²) in [6, 6.07) is 0. The molecule has 0 saturated heterocycles. The lowest BCUT2D eigenvalue weighted by atomic mass is 10.3. The molecule has 6 nitrogen and oxygen atoms in total. The number of hydrogen-bond acceptors (Lipinski definition) is 6. The van der Waals surface area contributed by atoms with Crippen molar-refractivity contribution in [2.75, 3.05) is 0 Å². The third-order valence-electron chi connectivity index (χ3n) is 0.240. The number of nitrogens with zero attached hydrogens (tertiary/aromatic N) is 3. The van der Waals surface area contributed by atoms with Crippen molar-refractivity contribution in [2.45, 2.75) is 0 Å². The molecule has 54 valence electrons. The molecule has 0 saturated carbocycles. The first-order valence-electron chi connectivity index (χ1n) is 1.97. The Hall–Kier alpha value is 0.245. The molecule has 3 N–H and O–H groups in total. The zero-order chi connectivity index (χ0) is 7.82. The summed E-state index contributed by atoms with van der Waals surface area (Å²) in [5.41, 5.74) is 0. The Labute approximate surface area is 62.3 Å². The molecule has 1 aromatic heterocycles. The Morgan fingerprint density at radius 1 is 0.800 bits per heavy atom. The maximum absolute atomic E-state index is 7.17. The van der Waals surface area contributed by atoms with Gasteiger partial charge in [0.15, 0.2) is 25.5 Å². The van der Waals surface area contributed by atoms with E-state index in [1.165, 1.54) is 0 Å². The second kappa shape index (κ2) is 7.35. The zero-order valence-electron chi connectivity index (χ0n) is 4.60. The van der Waals surface area contributed by atoms with Crippen molar-refractivity contribution in [2.24, 2.45) is 0 Å². The van der Waals surface area contributed by atoms with Crippen LogP contribution >= 0.6 is 25.5 Å². The molecule has 0 unspecified atom stereocenters. The summed E-state index contributed by atoms with van der Waals surface area (Å²) >= 11 is 0. The third kappa shape index (κ3) is 11.1. The first-order chi connectivity index (χ1) is 4.73. The summed E-state index contributed by atoms with van der Waals surface area (Å²) in [4.78, 5) is 0. The molecule has 0 aliphatic carbocycles. The molecule has 0 fully saturated rings. The normalized spacial score (nSPS) is 9.90. The maximum Gasteiger partial charge on any atom is 0.631 e. The van der Waals surface area contributed by atoms with Crippen LogP contribution in [-0.2, 0) is 0 Å². The third-order valence-corrected chi connectivity index (χ3v) is 2.16. The number of rotatable bonds is 0. The van der Waals surface area contributed by atoms with Gasteiger partial charge >= 0.3 is 7.32 Å². The van der Waals surface area contributed by atoms with Crippen LogP contribution in [0, 0.1) is 0 Å². The van der Waals surface area contributed by atoms with Crippen LogP contribution in [-0.4, -0.2) is 35.9 Å². The monoisotopic (exact) mass is 197 g/mol. The molecule has 0 spiro atoms. The minimum atomic E-state index is -2.17. The van der Waals surface area contributed by atoms with Gasteiger partial charge in [-0.15, -0.1) is 0 Å². The number of hydrogen-bond donors (Lipinski definition) is 3. The van der Waals surface area contributed by atoms with E-state index >= 15 is 0 Å². The summed E-state index contributed by atoms with van der Waals surface area (Å²) < 4.78 is 11.3. The van der Waals surface area contributed by atoms with Crippen LogP contribution in [0.1, 0.15) is 0 Å². The van der Waals surface area contributed by atoms with Gasteiger partial charge in [0.05, 0.1) is 0 Å². The fourth-order valence-electron chi connectivity index (χ4n) is 0.107. The highest BCUT2D eigenvalue weighted by molar-refractivity contribution is 7.43. The highest BCUT2D eigenvalue weighted by Gasteiger charge is 1.92. The highest BCUT2D eigenvalue weighted by Crippen LogP contribution is 2.01. The Morgan fingerprint density at radius 3 is 1.10 bits per heavy atom. The Morgan fingerprint density at radius 2 is 1.00 bits per heavy atom. The van der Waals surface area contributed by atoms with Gasteiger partial charge in [-0.2, -0.15) is 13.5 Å². The molecule has 0 aliphatic rings. The van der Waals surface area contributed by atoms with Gasteiger partial charge in [0.2, 0.25) is 0 Å². The SMILES string of the molecule is OB(O)O.n1pnpnp1. The fraction of sp³-hybridized carbons (Fsp3) is 0. The van der Waals surface area contributed by atoms with Crippen LogP contribution < -0.4 is 0 Å². The van der Waals surface area contributed by atoms with E-state index in [9.17, 15) is 0 Å².